The van der Waals surface area contributed by atoms with Crippen molar-refractivity contribution in [2.24, 2.45) is 0 Å². The van der Waals surface area contributed by atoms with Gasteiger partial charge < -0.3 is 10.2 Å². The largest absolute Gasteiger partial charge is 0.336 e. The van der Waals surface area contributed by atoms with Crippen molar-refractivity contribution in [2.45, 2.75) is 33.2 Å². The summed E-state index contributed by atoms with van der Waals surface area (Å²) in [5.74, 6) is -0.0436. The van der Waals surface area contributed by atoms with Crippen LogP contribution in [0.25, 0.3) is 16.6 Å². The minimum absolute atomic E-state index is 0.00785. The molecule has 1 N–H and O–H groups in total. The number of Topliss-reactive ketones (excluding diaryl/α,β-unsaturated/α-hetero) is 1. The van der Waals surface area contributed by atoms with Gasteiger partial charge in [0.25, 0.3) is 5.91 Å². The number of amides is 1. The molecule has 9 nitrogen and oxygen atoms in total. The van der Waals surface area contributed by atoms with E-state index in [2.05, 4.69) is 28.3 Å². The summed E-state index contributed by atoms with van der Waals surface area (Å²) in [6.45, 7) is 7.60. The molecule has 1 aromatic carbocycles. The average molecular weight is 522 g/mol. The van der Waals surface area contributed by atoms with Crippen molar-refractivity contribution in [3.63, 3.8) is 0 Å². The Hall–Kier alpha value is -4.37. The van der Waals surface area contributed by atoms with Crippen molar-refractivity contribution < 1.29 is 9.59 Å². The Morgan fingerprint density at radius 2 is 1.87 bits per heavy atom. The van der Waals surface area contributed by atoms with Gasteiger partial charge in [-0.05, 0) is 49.2 Å². The Kier molecular flexibility index (Phi) is 6.66. The number of hydrogen-bond acceptors (Lipinski definition) is 6. The Balaban J connectivity index is 1.28. The molecule has 1 fully saturated rings. The van der Waals surface area contributed by atoms with Gasteiger partial charge in [-0.2, -0.15) is 5.10 Å². The van der Waals surface area contributed by atoms with E-state index in [1.54, 1.807) is 28.9 Å². The van der Waals surface area contributed by atoms with Crippen LogP contribution in [0.3, 0.4) is 0 Å². The van der Waals surface area contributed by atoms with E-state index >= 15 is 0 Å². The fraction of sp³-hybridized carbons (Fsp3) is 0.300. The number of piperazine rings is 1. The number of ketones is 1. The molecule has 4 aromatic heterocycles. The number of pyridine rings is 2. The van der Waals surface area contributed by atoms with Gasteiger partial charge in [0, 0.05) is 55.4 Å². The third kappa shape index (κ3) is 4.81. The summed E-state index contributed by atoms with van der Waals surface area (Å²) in [6.07, 6.45) is 4.36. The summed E-state index contributed by atoms with van der Waals surface area (Å²) in [6, 6.07) is 15.6. The number of carbonyl (C=O) groups excluding carboxylic acids is 2. The molecule has 198 valence electrons. The molecule has 0 saturated carbocycles. The lowest BCUT2D eigenvalue weighted by Gasteiger charge is -2.27. The topological polar surface area (TPSA) is 97.4 Å². The molecule has 1 saturated heterocycles. The van der Waals surface area contributed by atoms with Gasteiger partial charge in [0.2, 0.25) is 0 Å². The van der Waals surface area contributed by atoms with Crippen LogP contribution in [0, 0.1) is 6.92 Å². The maximum atomic E-state index is 13.6. The van der Waals surface area contributed by atoms with Crippen molar-refractivity contribution >= 4 is 28.2 Å². The molecule has 0 unspecified atom stereocenters. The number of rotatable bonds is 7. The second kappa shape index (κ2) is 10.4. The standard InChI is InChI=1S/C30H31N7O2/c1-3-24-29-21(7-5-9-25(29)37(34-24)19-23-8-4-6-20(2)33-23)16-27(38)26-18-32-28-17-22(10-13-36(26)28)30(39)35-14-11-31-12-15-35/h4-10,13,17-18,31H,3,11-12,14-16,19H2,1-2H3. The van der Waals surface area contributed by atoms with E-state index in [0.29, 0.717) is 36.5 Å². The Morgan fingerprint density at radius 1 is 1.05 bits per heavy atom. The van der Waals surface area contributed by atoms with Crippen molar-refractivity contribution in [3.8, 4) is 0 Å². The van der Waals surface area contributed by atoms with Gasteiger partial charge in [-0.1, -0.05) is 25.1 Å². The van der Waals surface area contributed by atoms with Gasteiger partial charge in [-0.15, -0.1) is 0 Å². The van der Waals surface area contributed by atoms with Crippen LogP contribution in [-0.2, 0) is 19.4 Å². The van der Waals surface area contributed by atoms with Crippen LogP contribution in [0.4, 0.5) is 0 Å². The molecule has 5 heterocycles. The van der Waals surface area contributed by atoms with E-state index < -0.39 is 0 Å². The summed E-state index contributed by atoms with van der Waals surface area (Å²) in [4.78, 5) is 37.4. The number of nitrogens with zero attached hydrogens (tertiary/aromatic N) is 6. The van der Waals surface area contributed by atoms with Crippen LogP contribution in [0.15, 0.2) is 60.9 Å². The molecular formula is C30H31N7O2. The van der Waals surface area contributed by atoms with Gasteiger partial charge in [-0.3, -0.25) is 23.7 Å². The third-order valence-corrected chi connectivity index (χ3v) is 7.33. The van der Waals surface area contributed by atoms with Crippen LogP contribution in [0.2, 0.25) is 0 Å². The van der Waals surface area contributed by atoms with Crippen molar-refractivity contribution in [1.29, 1.82) is 0 Å². The highest BCUT2D eigenvalue weighted by atomic mass is 16.2. The number of benzene rings is 1. The fourth-order valence-electron chi connectivity index (χ4n) is 5.37. The molecule has 1 aliphatic heterocycles. The first-order chi connectivity index (χ1) is 19.0. The second-order valence-corrected chi connectivity index (χ2v) is 9.97. The normalized spacial score (nSPS) is 13.8. The van der Waals surface area contributed by atoms with E-state index in [-0.39, 0.29) is 18.1 Å². The summed E-state index contributed by atoms with van der Waals surface area (Å²) >= 11 is 0. The van der Waals surface area contributed by atoms with Crippen LogP contribution in [-0.4, -0.2) is 66.9 Å². The highest BCUT2D eigenvalue weighted by Crippen LogP contribution is 2.26. The number of hydrogen-bond donors (Lipinski definition) is 1. The summed E-state index contributed by atoms with van der Waals surface area (Å²) in [7, 11) is 0. The van der Waals surface area contributed by atoms with E-state index in [1.165, 1.54) is 0 Å². The first kappa shape index (κ1) is 24.9. The number of nitrogens with one attached hydrogen (secondary N) is 1. The van der Waals surface area contributed by atoms with Crippen molar-refractivity contribution in [2.75, 3.05) is 26.2 Å². The molecule has 0 aliphatic carbocycles. The lowest BCUT2D eigenvalue weighted by atomic mass is 10.0. The highest BCUT2D eigenvalue weighted by Gasteiger charge is 2.21. The zero-order chi connectivity index (χ0) is 26.9. The highest BCUT2D eigenvalue weighted by molar-refractivity contribution is 6.00. The third-order valence-electron chi connectivity index (χ3n) is 7.33. The summed E-state index contributed by atoms with van der Waals surface area (Å²) in [5.41, 5.74) is 6.50. The van der Waals surface area contributed by atoms with Gasteiger partial charge in [0.15, 0.2) is 5.78 Å². The lowest BCUT2D eigenvalue weighted by Crippen LogP contribution is -2.46. The zero-order valence-corrected chi connectivity index (χ0v) is 22.2. The maximum Gasteiger partial charge on any atom is 0.254 e. The Morgan fingerprint density at radius 3 is 2.67 bits per heavy atom. The number of imidazole rings is 1. The van der Waals surface area contributed by atoms with Gasteiger partial charge in [-0.25, -0.2) is 4.98 Å². The van der Waals surface area contributed by atoms with Crippen LogP contribution >= 0.6 is 0 Å². The van der Waals surface area contributed by atoms with Crippen LogP contribution in [0.1, 0.15) is 50.4 Å². The Labute approximate surface area is 226 Å². The first-order valence-electron chi connectivity index (χ1n) is 13.4. The van der Waals surface area contributed by atoms with Gasteiger partial charge in [0.1, 0.15) is 11.3 Å². The number of aromatic nitrogens is 5. The minimum Gasteiger partial charge on any atom is -0.336 e. The van der Waals surface area contributed by atoms with E-state index in [0.717, 1.165) is 53.1 Å². The average Bonchev–Trinajstić information content (AvgIpc) is 3.55. The molecule has 0 atom stereocenters. The van der Waals surface area contributed by atoms with E-state index in [9.17, 15) is 9.59 Å². The van der Waals surface area contributed by atoms with Crippen molar-refractivity contribution in [3.05, 3.63) is 94.8 Å². The number of aryl methyl sites for hydroxylation is 2. The van der Waals surface area contributed by atoms with E-state index in [1.807, 2.05) is 46.8 Å². The van der Waals surface area contributed by atoms with Crippen molar-refractivity contribution in [1.82, 2.24) is 34.4 Å². The molecule has 9 heteroatoms. The molecule has 39 heavy (non-hydrogen) atoms. The number of fused-ring (bicyclic) bond motifs is 2. The maximum absolute atomic E-state index is 13.6. The van der Waals surface area contributed by atoms with E-state index in [4.69, 9.17) is 5.10 Å². The minimum atomic E-state index is -0.0358. The molecule has 1 aliphatic rings. The Bertz CT molecular complexity index is 1690. The molecule has 6 rings (SSSR count). The smallest absolute Gasteiger partial charge is 0.254 e. The molecule has 0 bridgehead atoms. The van der Waals surface area contributed by atoms with Crippen LogP contribution < -0.4 is 5.32 Å². The monoisotopic (exact) mass is 521 g/mol. The SMILES string of the molecule is CCc1nn(Cc2cccc(C)n2)c2cccc(CC(=O)c3cnc4cc(C(=O)N5CCNCC5)ccn34)c12. The van der Waals surface area contributed by atoms with Gasteiger partial charge >= 0.3 is 0 Å². The van der Waals surface area contributed by atoms with Gasteiger partial charge in [0.05, 0.1) is 29.6 Å². The predicted octanol–water partition coefficient (Wildman–Crippen LogP) is 3.47. The first-order valence-corrected chi connectivity index (χ1v) is 13.4. The molecule has 0 spiro atoms. The quantitative estimate of drug-likeness (QED) is 0.330. The predicted molar refractivity (Wildman–Crippen MR) is 149 cm³/mol. The second-order valence-electron chi connectivity index (χ2n) is 9.97. The summed E-state index contributed by atoms with van der Waals surface area (Å²) < 4.78 is 3.75. The molecule has 5 aromatic rings. The van der Waals surface area contributed by atoms with Crippen LogP contribution in [0.5, 0.6) is 0 Å². The fourth-order valence-corrected chi connectivity index (χ4v) is 5.37. The number of carbonyl (C=O) groups is 2. The molecular weight excluding hydrogens is 490 g/mol. The summed E-state index contributed by atoms with van der Waals surface area (Å²) in [5, 5.41) is 9.18. The molecule has 0 radical (unpaired) electrons. The zero-order valence-electron chi connectivity index (χ0n) is 22.2. The lowest BCUT2D eigenvalue weighted by molar-refractivity contribution is 0.0735. The molecule has 1 amide bonds.